The summed E-state index contributed by atoms with van der Waals surface area (Å²) < 4.78 is 12.7. The highest BCUT2D eigenvalue weighted by Gasteiger charge is 2.12. The van der Waals surface area contributed by atoms with Gasteiger partial charge >= 0.3 is 11.8 Å². The Bertz CT molecular complexity index is 503. The van der Waals surface area contributed by atoms with Gasteiger partial charge in [-0.25, -0.2) is 4.39 Å². The first-order chi connectivity index (χ1) is 10.0. The second kappa shape index (κ2) is 8.68. The first-order valence-electron chi connectivity index (χ1n) is 6.60. The first kappa shape index (κ1) is 16.6. The van der Waals surface area contributed by atoms with Crippen molar-refractivity contribution in [3.8, 4) is 0 Å². The molecule has 0 aliphatic rings. The van der Waals surface area contributed by atoms with Gasteiger partial charge in [-0.2, -0.15) is 0 Å². The molecule has 21 heavy (non-hydrogen) atoms. The number of rotatable bonds is 6. The minimum Gasteiger partial charge on any atom is -0.354 e. The highest BCUT2D eigenvalue weighted by molar-refractivity contribution is 6.35. The SMILES string of the molecule is CCNC(=O)C(=O)NCC(=O)NCCc1ccc(F)cc1. The summed E-state index contributed by atoms with van der Waals surface area (Å²) in [6.07, 6.45) is 0.552. The Morgan fingerprint density at radius 3 is 2.24 bits per heavy atom. The number of amides is 3. The van der Waals surface area contributed by atoms with Crippen molar-refractivity contribution >= 4 is 17.7 Å². The van der Waals surface area contributed by atoms with Crippen LogP contribution in [-0.4, -0.2) is 37.4 Å². The predicted molar refractivity (Wildman–Crippen MR) is 74.8 cm³/mol. The van der Waals surface area contributed by atoms with Gasteiger partial charge in [-0.05, 0) is 31.0 Å². The number of hydrogen-bond donors (Lipinski definition) is 3. The van der Waals surface area contributed by atoms with E-state index >= 15 is 0 Å². The van der Waals surface area contributed by atoms with Crippen LogP contribution in [0.1, 0.15) is 12.5 Å². The molecule has 0 fully saturated rings. The standard InChI is InChI=1S/C14H18FN3O3/c1-2-16-13(20)14(21)18-9-12(19)17-8-7-10-3-5-11(15)6-4-10/h3-6H,2,7-9H2,1H3,(H,16,20)(H,17,19)(H,18,21). The van der Waals surface area contributed by atoms with Crippen molar-refractivity contribution in [2.24, 2.45) is 0 Å². The molecule has 0 aliphatic heterocycles. The summed E-state index contributed by atoms with van der Waals surface area (Å²) in [6, 6.07) is 5.98. The van der Waals surface area contributed by atoms with Crippen molar-refractivity contribution in [2.75, 3.05) is 19.6 Å². The minimum atomic E-state index is -0.842. The fourth-order valence-corrected chi connectivity index (χ4v) is 1.54. The van der Waals surface area contributed by atoms with Crippen molar-refractivity contribution < 1.29 is 18.8 Å². The number of hydrogen-bond acceptors (Lipinski definition) is 3. The van der Waals surface area contributed by atoms with Gasteiger partial charge < -0.3 is 16.0 Å². The lowest BCUT2D eigenvalue weighted by Crippen LogP contribution is -2.44. The molecular weight excluding hydrogens is 277 g/mol. The smallest absolute Gasteiger partial charge is 0.309 e. The number of carbonyl (C=O) groups excluding carboxylic acids is 3. The van der Waals surface area contributed by atoms with E-state index in [1.54, 1.807) is 19.1 Å². The van der Waals surface area contributed by atoms with E-state index in [1.165, 1.54) is 12.1 Å². The summed E-state index contributed by atoms with van der Waals surface area (Å²) >= 11 is 0. The maximum atomic E-state index is 12.7. The quantitative estimate of drug-likeness (QED) is 0.632. The minimum absolute atomic E-state index is 0.264. The van der Waals surface area contributed by atoms with Gasteiger partial charge in [-0.3, -0.25) is 14.4 Å². The van der Waals surface area contributed by atoms with Gasteiger partial charge in [0.05, 0.1) is 6.54 Å². The molecule has 3 N–H and O–H groups in total. The van der Waals surface area contributed by atoms with E-state index in [2.05, 4.69) is 16.0 Å². The van der Waals surface area contributed by atoms with E-state index < -0.39 is 17.7 Å². The Labute approximate surface area is 122 Å². The van der Waals surface area contributed by atoms with E-state index in [-0.39, 0.29) is 12.4 Å². The van der Waals surface area contributed by atoms with Crippen molar-refractivity contribution in [1.82, 2.24) is 16.0 Å². The molecule has 0 aromatic heterocycles. The zero-order valence-electron chi connectivity index (χ0n) is 11.7. The Morgan fingerprint density at radius 1 is 1.00 bits per heavy atom. The zero-order chi connectivity index (χ0) is 15.7. The topological polar surface area (TPSA) is 87.3 Å². The summed E-state index contributed by atoms with van der Waals surface area (Å²) in [5, 5.41) is 7.13. The van der Waals surface area contributed by atoms with Crippen LogP contribution in [0.2, 0.25) is 0 Å². The van der Waals surface area contributed by atoms with Crippen molar-refractivity contribution in [1.29, 1.82) is 0 Å². The molecule has 0 saturated carbocycles. The molecule has 114 valence electrons. The zero-order valence-corrected chi connectivity index (χ0v) is 11.7. The second-order valence-corrected chi connectivity index (χ2v) is 4.27. The molecule has 7 heteroatoms. The lowest BCUT2D eigenvalue weighted by molar-refractivity contribution is -0.139. The average molecular weight is 295 g/mol. The Kier molecular flexibility index (Phi) is 6.86. The Balaban J connectivity index is 2.21. The molecule has 0 atom stereocenters. The molecule has 0 heterocycles. The Morgan fingerprint density at radius 2 is 1.62 bits per heavy atom. The second-order valence-electron chi connectivity index (χ2n) is 4.27. The highest BCUT2D eigenvalue weighted by Crippen LogP contribution is 2.02. The van der Waals surface area contributed by atoms with Crippen molar-refractivity contribution in [2.45, 2.75) is 13.3 Å². The summed E-state index contributed by atoms with van der Waals surface area (Å²) in [5.41, 5.74) is 0.892. The van der Waals surface area contributed by atoms with Crippen LogP contribution in [0.25, 0.3) is 0 Å². The van der Waals surface area contributed by atoms with Crippen molar-refractivity contribution in [3.63, 3.8) is 0 Å². The molecule has 0 aliphatic carbocycles. The lowest BCUT2D eigenvalue weighted by Gasteiger charge is -2.07. The van der Waals surface area contributed by atoms with E-state index in [1.807, 2.05) is 0 Å². The number of likely N-dealkylation sites (N-methyl/N-ethyl adjacent to an activating group) is 1. The van der Waals surface area contributed by atoms with E-state index in [9.17, 15) is 18.8 Å². The molecule has 1 aromatic carbocycles. The van der Waals surface area contributed by atoms with Crippen molar-refractivity contribution in [3.05, 3.63) is 35.6 Å². The molecule has 3 amide bonds. The third kappa shape index (κ3) is 6.51. The normalized spacial score (nSPS) is 9.81. The van der Waals surface area contributed by atoms with E-state index in [4.69, 9.17) is 0 Å². The predicted octanol–water partition coefficient (Wildman–Crippen LogP) is -0.263. The number of benzene rings is 1. The summed E-state index contributed by atoms with van der Waals surface area (Å²) in [6.45, 7) is 2.13. The highest BCUT2D eigenvalue weighted by atomic mass is 19.1. The van der Waals surface area contributed by atoms with Crippen LogP contribution >= 0.6 is 0 Å². The van der Waals surface area contributed by atoms with E-state index in [0.717, 1.165) is 5.56 Å². The number of halogens is 1. The first-order valence-corrected chi connectivity index (χ1v) is 6.60. The summed E-state index contributed by atoms with van der Waals surface area (Å²) in [7, 11) is 0. The van der Waals surface area contributed by atoms with Gasteiger partial charge in [0.25, 0.3) is 0 Å². The van der Waals surface area contributed by atoms with Crippen LogP contribution in [-0.2, 0) is 20.8 Å². The monoisotopic (exact) mass is 295 g/mol. The van der Waals surface area contributed by atoms with Gasteiger partial charge in [0, 0.05) is 13.1 Å². The van der Waals surface area contributed by atoms with E-state index in [0.29, 0.717) is 19.5 Å². The van der Waals surface area contributed by atoms with Crippen LogP contribution in [0.3, 0.4) is 0 Å². The maximum Gasteiger partial charge on any atom is 0.309 e. The number of nitrogens with one attached hydrogen (secondary N) is 3. The van der Waals surface area contributed by atoms with Crippen LogP contribution in [0.5, 0.6) is 0 Å². The molecule has 1 rings (SSSR count). The van der Waals surface area contributed by atoms with Gasteiger partial charge in [-0.15, -0.1) is 0 Å². The van der Waals surface area contributed by atoms with Gasteiger partial charge in [0.15, 0.2) is 0 Å². The molecule has 1 aromatic rings. The van der Waals surface area contributed by atoms with Crippen LogP contribution in [0.4, 0.5) is 4.39 Å². The van der Waals surface area contributed by atoms with Gasteiger partial charge in [0.2, 0.25) is 5.91 Å². The fraction of sp³-hybridized carbons (Fsp3) is 0.357. The largest absolute Gasteiger partial charge is 0.354 e. The van der Waals surface area contributed by atoms with Crippen LogP contribution in [0, 0.1) is 5.82 Å². The van der Waals surface area contributed by atoms with Crippen LogP contribution in [0.15, 0.2) is 24.3 Å². The summed E-state index contributed by atoms with van der Waals surface area (Å²) in [4.78, 5) is 33.8. The molecule has 0 radical (unpaired) electrons. The molecular formula is C14H18FN3O3. The molecule has 0 bridgehead atoms. The Hall–Kier alpha value is -2.44. The third-order valence-electron chi connectivity index (χ3n) is 2.60. The maximum absolute atomic E-state index is 12.7. The fourth-order valence-electron chi connectivity index (χ4n) is 1.54. The number of carbonyl (C=O) groups is 3. The van der Waals surface area contributed by atoms with Gasteiger partial charge in [-0.1, -0.05) is 12.1 Å². The lowest BCUT2D eigenvalue weighted by atomic mass is 10.1. The molecule has 6 nitrogen and oxygen atoms in total. The molecule has 0 unspecified atom stereocenters. The van der Waals surface area contributed by atoms with Gasteiger partial charge in [0.1, 0.15) is 5.82 Å². The van der Waals surface area contributed by atoms with Crippen LogP contribution < -0.4 is 16.0 Å². The average Bonchev–Trinajstić information content (AvgIpc) is 2.47. The third-order valence-corrected chi connectivity index (χ3v) is 2.60. The molecule has 0 spiro atoms. The molecule has 0 saturated heterocycles. The summed E-state index contributed by atoms with van der Waals surface area (Å²) in [5.74, 6) is -2.31.